The second kappa shape index (κ2) is 9.75. The Hall–Kier alpha value is -1.31. The number of nitrogens with two attached hydrogens (primary N) is 1. The molecule has 9 heteroatoms. The standard InChI is InChI=1S/C18H29N7.2ClH/c1-2-9-25-11-21-15-16(20-10-12-3-4-12)23-18(24-17(15)25)22-14-7-5-13(19)6-8-14;;/h11-14H,2-10,19H2,1H3,(H2,20,22,23,24);2*1H. The monoisotopic (exact) mass is 415 g/mol. The molecule has 0 spiro atoms. The van der Waals surface area contributed by atoms with Gasteiger partial charge in [0.15, 0.2) is 17.0 Å². The summed E-state index contributed by atoms with van der Waals surface area (Å²) in [5.74, 6) is 2.37. The first kappa shape index (κ1) is 22.0. The first-order valence-corrected chi connectivity index (χ1v) is 9.71. The van der Waals surface area contributed by atoms with Crippen molar-refractivity contribution in [3.8, 4) is 0 Å². The minimum atomic E-state index is 0. The number of anilines is 2. The fourth-order valence-corrected chi connectivity index (χ4v) is 3.55. The minimum Gasteiger partial charge on any atom is -0.368 e. The summed E-state index contributed by atoms with van der Waals surface area (Å²) in [5.41, 5.74) is 7.82. The Kier molecular flexibility index (Phi) is 7.94. The molecule has 2 aliphatic rings. The third-order valence-electron chi connectivity index (χ3n) is 5.29. The molecule has 4 N–H and O–H groups in total. The zero-order valence-corrected chi connectivity index (χ0v) is 17.5. The Labute approximate surface area is 173 Å². The van der Waals surface area contributed by atoms with E-state index in [1.54, 1.807) is 0 Å². The van der Waals surface area contributed by atoms with Crippen LogP contribution >= 0.6 is 24.8 Å². The number of hydrogen-bond donors (Lipinski definition) is 3. The summed E-state index contributed by atoms with van der Waals surface area (Å²) < 4.78 is 2.13. The highest BCUT2D eigenvalue weighted by Gasteiger charge is 2.23. The van der Waals surface area contributed by atoms with Gasteiger partial charge in [-0.1, -0.05) is 6.92 Å². The van der Waals surface area contributed by atoms with E-state index in [4.69, 9.17) is 15.7 Å². The molecule has 2 fully saturated rings. The van der Waals surface area contributed by atoms with Crippen LogP contribution in [0.2, 0.25) is 0 Å². The van der Waals surface area contributed by atoms with Gasteiger partial charge in [-0.3, -0.25) is 0 Å². The Morgan fingerprint density at radius 3 is 2.52 bits per heavy atom. The summed E-state index contributed by atoms with van der Waals surface area (Å²) in [4.78, 5) is 14.1. The second-order valence-corrected chi connectivity index (χ2v) is 7.59. The average molecular weight is 416 g/mol. The predicted molar refractivity (Wildman–Crippen MR) is 115 cm³/mol. The molecule has 2 saturated carbocycles. The summed E-state index contributed by atoms with van der Waals surface area (Å²) in [6, 6.07) is 0.763. The highest BCUT2D eigenvalue weighted by atomic mass is 35.5. The zero-order chi connectivity index (χ0) is 17.2. The Morgan fingerprint density at radius 2 is 1.85 bits per heavy atom. The second-order valence-electron chi connectivity index (χ2n) is 7.59. The van der Waals surface area contributed by atoms with Crippen LogP contribution in [0.3, 0.4) is 0 Å². The first-order chi connectivity index (χ1) is 12.2. The van der Waals surface area contributed by atoms with Crippen LogP contribution in [0.4, 0.5) is 11.8 Å². The summed E-state index contributed by atoms with van der Waals surface area (Å²) in [5, 5.41) is 7.04. The highest BCUT2D eigenvalue weighted by molar-refractivity contribution is 5.86. The van der Waals surface area contributed by atoms with Gasteiger partial charge in [0.2, 0.25) is 5.95 Å². The molecule has 2 heterocycles. The molecule has 4 rings (SSSR count). The maximum absolute atomic E-state index is 6.02. The van der Waals surface area contributed by atoms with E-state index in [1.165, 1.54) is 12.8 Å². The third kappa shape index (κ3) is 5.36. The smallest absolute Gasteiger partial charge is 0.227 e. The van der Waals surface area contributed by atoms with Crippen molar-refractivity contribution in [1.29, 1.82) is 0 Å². The molecule has 7 nitrogen and oxygen atoms in total. The van der Waals surface area contributed by atoms with Gasteiger partial charge in [0.05, 0.1) is 6.33 Å². The van der Waals surface area contributed by atoms with Gasteiger partial charge in [-0.15, -0.1) is 24.8 Å². The van der Waals surface area contributed by atoms with E-state index < -0.39 is 0 Å². The highest BCUT2D eigenvalue weighted by Crippen LogP contribution is 2.30. The van der Waals surface area contributed by atoms with Gasteiger partial charge in [0.25, 0.3) is 0 Å². The summed E-state index contributed by atoms with van der Waals surface area (Å²) in [7, 11) is 0. The number of fused-ring (bicyclic) bond motifs is 1. The maximum Gasteiger partial charge on any atom is 0.227 e. The normalized spacial score (nSPS) is 22.0. The molecule has 0 atom stereocenters. The fraction of sp³-hybridized carbons (Fsp3) is 0.722. The van der Waals surface area contributed by atoms with Crippen LogP contribution in [-0.2, 0) is 6.54 Å². The quantitative estimate of drug-likeness (QED) is 0.639. The van der Waals surface area contributed by atoms with Crippen LogP contribution in [0.1, 0.15) is 51.9 Å². The lowest BCUT2D eigenvalue weighted by Crippen LogP contribution is -2.33. The number of halogens is 2. The van der Waals surface area contributed by atoms with Crippen LogP contribution in [0.25, 0.3) is 11.2 Å². The molecule has 2 aromatic rings. The van der Waals surface area contributed by atoms with Crippen molar-refractivity contribution in [1.82, 2.24) is 19.5 Å². The van der Waals surface area contributed by atoms with Crippen molar-refractivity contribution in [2.45, 2.75) is 70.5 Å². The van der Waals surface area contributed by atoms with E-state index in [0.29, 0.717) is 18.0 Å². The van der Waals surface area contributed by atoms with E-state index >= 15 is 0 Å². The maximum atomic E-state index is 6.02. The van der Waals surface area contributed by atoms with Gasteiger partial charge < -0.3 is 20.9 Å². The van der Waals surface area contributed by atoms with Gasteiger partial charge in [0.1, 0.15) is 0 Å². The molecular formula is C18H31Cl2N7. The number of imidazole rings is 1. The summed E-state index contributed by atoms with van der Waals surface area (Å²) >= 11 is 0. The molecule has 0 bridgehead atoms. The van der Waals surface area contributed by atoms with E-state index in [-0.39, 0.29) is 24.8 Å². The van der Waals surface area contributed by atoms with E-state index in [9.17, 15) is 0 Å². The Morgan fingerprint density at radius 1 is 1.11 bits per heavy atom. The Bertz CT molecular complexity index is 724. The number of aromatic nitrogens is 4. The predicted octanol–water partition coefficient (Wildman–Crippen LogP) is 3.58. The summed E-state index contributed by atoms with van der Waals surface area (Å²) in [6.07, 6.45) is 9.89. The van der Waals surface area contributed by atoms with E-state index in [1.807, 2.05) is 6.33 Å². The van der Waals surface area contributed by atoms with Crippen LogP contribution in [0, 0.1) is 5.92 Å². The number of aryl methyl sites for hydroxylation is 1. The Balaban J connectivity index is 0.00000131. The van der Waals surface area contributed by atoms with Crippen LogP contribution < -0.4 is 16.4 Å². The molecule has 0 aromatic carbocycles. The lowest BCUT2D eigenvalue weighted by Gasteiger charge is -2.26. The fourth-order valence-electron chi connectivity index (χ4n) is 3.55. The van der Waals surface area contributed by atoms with Crippen molar-refractivity contribution >= 4 is 47.7 Å². The lowest BCUT2D eigenvalue weighted by molar-refractivity contribution is 0.410. The molecule has 2 aliphatic carbocycles. The summed E-state index contributed by atoms with van der Waals surface area (Å²) in [6.45, 7) is 4.07. The SMILES string of the molecule is CCCn1cnc2c(NCC3CC3)nc(NC3CCC(N)CC3)nc21.Cl.Cl. The van der Waals surface area contributed by atoms with Crippen molar-refractivity contribution < 1.29 is 0 Å². The van der Waals surface area contributed by atoms with Crippen molar-refractivity contribution in [3.63, 3.8) is 0 Å². The molecule has 0 radical (unpaired) electrons. The molecule has 2 aromatic heterocycles. The molecule has 0 unspecified atom stereocenters. The van der Waals surface area contributed by atoms with Gasteiger partial charge in [0, 0.05) is 25.2 Å². The van der Waals surface area contributed by atoms with Crippen LogP contribution in [0.5, 0.6) is 0 Å². The zero-order valence-electron chi connectivity index (χ0n) is 15.9. The molecule has 0 amide bonds. The number of nitrogens with zero attached hydrogens (tertiary/aromatic N) is 4. The van der Waals surface area contributed by atoms with Gasteiger partial charge in [-0.25, -0.2) is 4.98 Å². The molecule has 0 aliphatic heterocycles. The first-order valence-electron chi connectivity index (χ1n) is 9.71. The number of nitrogens with one attached hydrogen (secondary N) is 2. The van der Waals surface area contributed by atoms with Crippen LogP contribution in [0.15, 0.2) is 6.33 Å². The topological polar surface area (TPSA) is 93.7 Å². The lowest BCUT2D eigenvalue weighted by atomic mass is 9.92. The minimum absolute atomic E-state index is 0. The third-order valence-corrected chi connectivity index (χ3v) is 5.29. The van der Waals surface area contributed by atoms with Crippen molar-refractivity contribution in [2.24, 2.45) is 11.7 Å². The van der Waals surface area contributed by atoms with E-state index in [0.717, 1.165) is 68.1 Å². The van der Waals surface area contributed by atoms with Gasteiger partial charge in [-0.05, 0) is 50.9 Å². The number of hydrogen-bond acceptors (Lipinski definition) is 6. The number of rotatable bonds is 7. The van der Waals surface area contributed by atoms with Crippen molar-refractivity contribution in [3.05, 3.63) is 6.33 Å². The largest absolute Gasteiger partial charge is 0.368 e. The molecule has 27 heavy (non-hydrogen) atoms. The van der Waals surface area contributed by atoms with Gasteiger partial charge in [-0.2, -0.15) is 9.97 Å². The molecule has 0 saturated heterocycles. The van der Waals surface area contributed by atoms with Gasteiger partial charge >= 0.3 is 0 Å². The molecule has 152 valence electrons. The van der Waals surface area contributed by atoms with Crippen LogP contribution in [-0.4, -0.2) is 38.1 Å². The molecular weight excluding hydrogens is 385 g/mol. The van der Waals surface area contributed by atoms with E-state index in [2.05, 4.69) is 27.1 Å². The average Bonchev–Trinajstić information content (AvgIpc) is 3.36. The van der Waals surface area contributed by atoms with Crippen molar-refractivity contribution in [2.75, 3.05) is 17.2 Å².